The van der Waals surface area contributed by atoms with Crippen LogP contribution < -0.4 is 0 Å². The standard InChI is InChI=1S/C23H23NO9S/c1-5-32-22(27)16-17(23(28)33-6-2)20(34(29,30)13-10-8-7-9-11-13)14-12-15(21(26)31-4)24(3)18(14)19(16)25/h7-12,25H,5-6H2,1-4H3. The molecule has 180 valence electrons. The molecular weight excluding hydrogens is 466 g/mol. The second-order valence-corrected chi connectivity index (χ2v) is 8.91. The predicted octanol–water partition coefficient (Wildman–Crippen LogP) is 2.86. The van der Waals surface area contributed by atoms with E-state index in [2.05, 4.69) is 0 Å². The van der Waals surface area contributed by atoms with E-state index in [9.17, 15) is 27.9 Å². The van der Waals surface area contributed by atoms with Crippen LogP contribution in [0.15, 0.2) is 46.2 Å². The van der Waals surface area contributed by atoms with Crippen molar-refractivity contribution in [1.29, 1.82) is 0 Å². The number of carbonyl (C=O) groups excluding carboxylic acids is 3. The summed E-state index contributed by atoms with van der Waals surface area (Å²) in [6.45, 7) is 2.77. The van der Waals surface area contributed by atoms with Crippen molar-refractivity contribution in [3.8, 4) is 5.75 Å². The van der Waals surface area contributed by atoms with E-state index < -0.39 is 49.5 Å². The quantitative estimate of drug-likeness (QED) is 0.392. The monoisotopic (exact) mass is 489 g/mol. The molecule has 3 rings (SSSR count). The largest absolute Gasteiger partial charge is 0.505 e. The van der Waals surface area contributed by atoms with Gasteiger partial charge in [0.05, 0.1) is 41.2 Å². The molecule has 0 radical (unpaired) electrons. The smallest absolute Gasteiger partial charge is 0.354 e. The number of sulfone groups is 1. The summed E-state index contributed by atoms with van der Waals surface area (Å²) in [6.07, 6.45) is 0. The number of aromatic hydroxyl groups is 1. The number of methoxy groups -OCH3 is 1. The maximum absolute atomic E-state index is 13.8. The molecule has 0 aliphatic heterocycles. The third-order valence-corrected chi connectivity index (χ3v) is 6.95. The highest BCUT2D eigenvalue weighted by Gasteiger charge is 2.38. The first-order valence-electron chi connectivity index (χ1n) is 10.2. The Morgan fingerprint density at radius 1 is 0.941 bits per heavy atom. The van der Waals surface area contributed by atoms with Crippen molar-refractivity contribution in [2.45, 2.75) is 23.6 Å². The van der Waals surface area contributed by atoms with Crippen LogP contribution in [0.5, 0.6) is 5.75 Å². The van der Waals surface area contributed by atoms with E-state index in [4.69, 9.17) is 14.2 Å². The Hall–Kier alpha value is -3.86. The molecule has 0 aliphatic carbocycles. The number of hydrogen-bond donors (Lipinski definition) is 1. The Morgan fingerprint density at radius 2 is 1.50 bits per heavy atom. The number of hydrogen-bond acceptors (Lipinski definition) is 9. The van der Waals surface area contributed by atoms with Crippen molar-refractivity contribution in [2.75, 3.05) is 20.3 Å². The van der Waals surface area contributed by atoms with E-state index in [0.29, 0.717) is 0 Å². The number of esters is 3. The fourth-order valence-electron chi connectivity index (χ4n) is 3.64. The van der Waals surface area contributed by atoms with Gasteiger partial charge in [-0.3, -0.25) is 0 Å². The average molecular weight is 490 g/mol. The van der Waals surface area contributed by atoms with Gasteiger partial charge in [-0.2, -0.15) is 0 Å². The highest BCUT2D eigenvalue weighted by molar-refractivity contribution is 7.91. The van der Waals surface area contributed by atoms with Gasteiger partial charge < -0.3 is 23.9 Å². The van der Waals surface area contributed by atoms with E-state index in [0.717, 1.165) is 7.11 Å². The van der Waals surface area contributed by atoms with Crippen LogP contribution in [-0.2, 0) is 31.1 Å². The summed E-state index contributed by atoms with van der Waals surface area (Å²) in [7, 11) is -1.95. The van der Waals surface area contributed by atoms with Crippen molar-refractivity contribution in [1.82, 2.24) is 4.57 Å². The van der Waals surface area contributed by atoms with Crippen molar-refractivity contribution in [3.63, 3.8) is 0 Å². The maximum Gasteiger partial charge on any atom is 0.354 e. The van der Waals surface area contributed by atoms with Crippen LogP contribution in [-0.4, -0.2) is 56.3 Å². The summed E-state index contributed by atoms with van der Waals surface area (Å²) < 4.78 is 43.6. The van der Waals surface area contributed by atoms with Crippen LogP contribution in [0.4, 0.5) is 0 Å². The number of ether oxygens (including phenoxy) is 3. The number of phenolic OH excluding ortho intramolecular Hbond substituents is 1. The first-order valence-corrected chi connectivity index (χ1v) is 11.7. The molecule has 0 fully saturated rings. The van der Waals surface area contributed by atoms with Gasteiger partial charge >= 0.3 is 17.9 Å². The molecule has 1 heterocycles. The second kappa shape index (κ2) is 9.56. The Morgan fingerprint density at radius 3 is 2.03 bits per heavy atom. The fraction of sp³-hybridized carbons (Fsp3) is 0.261. The minimum atomic E-state index is -4.47. The molecule has 0 atom stereocenters. The molecule has 0 amide bonds. The van der Waals surface area contributed by atoms with E-state index in [1.165, 1.54) is 55.8 Å². The first kappa shape index (κ1) is 24.8. The number of fused-ring (bicyclic) bond motifs is 1. The van der Waals surface area contributed by atoms with Gasteiger partial charge in [-0.1, -0.05) is 18.2 Å². The number of aromatic nitrogens is 1. The minimum absolute atomic E-state index is 0.111. The summed E-state index contributed by atoms with van der Waals surface area (Å²) in [5.41, 5.74) is -1.66. The number of phenols is 1. The SMILES string of the molecule is CCOC(=O)c1c(C(=O)OCC)c(O)c2c(cc(C(=O)OC)n2C)c1S(=O)(=O)c1ccccc1. The Balaban J connectivity index is 2.63. The zero-order valence-electron chi connectivity index (χ0n) is 18.9. The lowest BCUT2D eigenvalue weighted by molar-refractivity contribution is 0.0473. The third-order valence-electron chi connectivity index (χ3n) is 5.09. The van der Waals surface area contributed by atoms with Crippen molar-refractivity contribution in [3.05, 3.63) is 53.2 Å². The lowest BCUT2D eigenvalue weighted by Crippen LogP contribution is -2.20. The molecular formula is C23H23NO9S. The molecule has 1 N–H and O–H groups in total. The number of aryl methyl sites for hydroxylation is 1. The van der Waals surface area contributed by atoms with E-state index in [1.807, 2.05) is 0 Å². The summed E-state index contributed by atoms with van der Waals surface area (Å²) in [6, 6.07) is 8.40. The van der Waals surface area contributed by atoms with Gasteiger partial charge in [0, 0.05) is 12.4 Å². The van der Waals surface area contributed by atoms with E-state index >= 15 is 0 Å². The molecule has 0 aliphatic rings. The lowest BCUT2D eigenvalue weighted by atomic mass is 10.0. The summed E-state index contributed by atoms with van der Waals surface area (Å²) in [5.74, 6) is -3.84. The lowest BCUT2D eigenvalue weighted by Gasteiger charge is -2.17. The van der Waals surface area contributed by atoms with Crippen LogP contribution in [0.25, 0.3) is 10.9 Å². The Labute approximate surface area is 195 Å². The molecule has 3 aromatic rings. The number of benzene rings is 2. The third kappa shape index (κ3) is 3.98. The van der Waals surface area contributed by atoms with Crippen molar-refractivity contribution >= 4 is 38.6 Å². The molecule has 0 saturated heterocycles. The molecule has 0 saturated carbocycles. The van der Waals surface area contributed by atoms with Crippen LogP contribution in [0.3, 0.4) is 0 Å². The van der Waals surface area contributed by atoms with Crippen LogP contribution >= 0.6 is 0 Å². The summed E-state index contributed by atoms with van der Waals surface area (Å²) >= 11 is 0. The molecule has 0 unspecified atom stereocenters. The molecule has 0 bridgehead atoms. The van der Waals surface area contributed by atoms with Gasteiger partial charge in [-0.25, -0.2) is 22.8 Å². The first-order chi connectivity index (χ1) is 16.1. The van der Waals surface area contributed by atoms with Gasteiger partial charge in [0.25, 0.3) is 0 Å². The second-order valence-electron chi connectivity index (χ2n) is 7.03. The zero-order valence-corrected chi connectivity index (χ0v) is 19.8. The molecule has 2 aromatic carbocycles. The Kier molecular flexibility index (Phi) is 6.96. The van der Waals surface area contributed by atoms with Crippen LogP contribution in [0.2, 0.25) is 0 Å². The Bertz CT molecular complexity index is 1390. The predicted molar refractivity (Wildman–Crippen MR) is 120 cm³/mol. The van der Waals surface area contributed by atoms with Gasteiger partial charge in [-0.05, 0) is 32.0 Å². The highest BCUT2D eigenvalue weighted by Crippen LogP contribution is 2.42. The fourth-order valence-corrected chi connectivity index (χ4v) is 5.29. The minimum Gasteiger partial charge on any atom is -0.505 e. The van der Waals surface area contributed by atoms with Gasteiger partial charge in [-0.15, -0.1) is 0 Å². The van der Waals surface area contributed by atoms with Gasteiger partial charge in [0.1, 0.15) is 11.3 Å². The maximum atomic E-state index is 13.8. The van der Waals surface area contributed by atoms with E-state index in [1.54, 1.807) is 6.07 Å². The van der Waals surface area contributed by atoms with Gasteiger partial charge in [0.15, 0.2) is 5.75 Å². The molecule has 0 spiro atoms. The van der Waals surface area contributed by atoms with Gasteiger partial charge in [0.2, 0.25) is 9.84 Å². The highest BCUT2D eigenvalue weighted by atomic mass is 32.2. The molecule has 11 heteroatoms. The average Bonchev–Trinajstić information content (AvgIpc) is 3.16. The molecule has 10 nitrogen and oxygen atoms in total. The topological polar surface area (TPSA) is 138 Å². The number of rotatable bonds is 7. The van der Waals surface area contributed by atoms with Crippen molar-refractivity contribution in [2.24, 2.45) is 7.05 Å². The van der Waals surface area contributed by atoms with Crippen LogP contribution in [0, 0.1) is 0 Å². The summed E-state index contributed by atoms with van der Waals surface area (Å²) in [4.78, 5) is 37.5. The van der Waals surface area contributed by atoms with Crippen molar-refractivity contribution < 1.29 is 42.1 Å². The van der Waals surface area contributed by atoms with Crippen LogP contribution in [0.1, 0.15) is 45.1 Å². The number of carbonyl (C=O) groups is 3. The molecule has 34 heavy (non-hydrogen) atoms. The zero-order chi connectivity index (χ0) is 25.2. The number of nitrogens with zero attached hydrogens (tertiary/aromatic N) is 1. The molecule has 1 aromatic heterocycles. The van der Waals surface area contributed by atoms with E-state index in [-0.39, 0.29) is 34.7 Å². The summed E-state index contributed by atoms with van der Waals surface area (Å²) in [5, 5.41) is 10.9. The normalized spacial score (nSPS) is 11.3.